The number of urea groups is 1. The van der Waals surface area contributed by atoms with Crippen molar-refractivity contribution in [1.29, 1.82) is 0 Å². The first-order valence-electron chi connectivity index (χ1n) is 6.09. The molecule has 0 radical (unpaired) electrons. The van der Waals surface area contributed by atoms with Gasteiger partial charge in [0, 0.05) is 12.6 Å². The van der Waals surface area contributed by atoms with Crippen LogP contribution in [-0.4, -0.2) is 32.7 Å². The summed E-state index contributed by atoms with van der Waals surface area (Å²) in [6, 6.07) is 3.26. The second-order valence-electron chi connectivity index (χ2n) is 4.07. The van der Waals surface area contributed by atoms with Crippen LogP contribution in [0.1, 0.15) is 21.2 Å². The van der Waals surface area contributed by atoms with E-state index in [-0.39, 0.29) is 63.5 Å². The van der Waals surface area contributed by atoms with Crippen LogP contribution < -0.4 is 66.8 Å². The van der Waals surface area contributed by atoms with Gasteiger partial charge >= 0.3 is 57.4 Å². The maximum Gasteiger partial charge on any atom is 1.00 e. The van der Waals surface area contributed by atoms with Crippen LogP contribution in [0, 0.1) is 0 Å². The van der Waals surface area contributed by atoms with E-state index in [1.54, 1.807) is 0 Å². The Bertz CT molecular complexity index is 583. The van der Waals surface area contributed by atoms with E-state index in [1.165, 1.54) is 19.2 Å². The van der Waals surface area contributed by atoms with E-state index in [0.29, 0.717) is 12.2 Å². The van der Waals surface area contributed by atoms with Gasteiger partial charge in [0.2, 0.25) is 0 Å². The number of amides is 2. The third-order valence-corrected chi connectivity index (χ3v) is 3.38. The number of carbonyl (C=O) groups is 1. The maximum absolute atomic E-state index is 11.6. The fraction of sp³-hybridized carbons (Fsp3) is 0.417. The van der Waals surface area contributed by atoms with Crippen LogP contribution in [0.5, 0.6) is 5.75 Å². The molecule has 0 aliphatic heterocycles. The second-order valence-corrected chi connectivity index (χ2v) is 5.49. The second kappa shape index (κ2) is 9.77. The van der Waals surface area contributed by atoms with Crippen LogP contribution in [0.3, 0.4) is 0 Å². The summed E-state index contributed by atoms with van der Waals surface area (Å²) in [4.78, 5) is 11.3. The van der Waals surface area contributed by atoms with Crippen LogP contribution in [-0.2, 0) is 10.1 Å². The molecule has 21 heavy (non-hydrogen) atoms. The zero-order valence-electron chi connectivity index (χ0n) is 13.3. The third-order valence-electron chi connectivity index (χ3n) is 2.53. The third kappa shape index (κ3) is 7.09. The number of hydrogen-bond donors (Lipinski definition) is 3. The van der Waals surface area contributed by atoms with Gasteiger partial charge in [0.15, 0.2) is 0 Å². The molecule has 0 aromatic heterocycles. The molecular formula is C12H19KN2O5S. The summed E-state index contributed by atoms with van der Waals surface area (Å²) in [7, 11) is -2.97. The normalized spacial score (nSPS) is 10.4. The van der Waals surface area contributed by atoms with Crippen molar-refractivity contribution < 1.29 is 75.3 Å². The van der Waals surface area contributed by atoms with Crippen molar-refractivity contribution in [3.63, 3.8) is 0 Å². The average molecular weight is 342 g/mol. The Morgan fingerprint density at radius 2 is 2.10 bits per heavy atom. The molecule has 114 valence electrons. The number of benzene rings is 1. The van der Waals surface area contributed by atoms with Gasteiger partial charge in [-0.1, -0.05) is 13.3 Å². The molecule has 1 aromatic rings. The number of unbranched alkanes of at least 4 members (excludes halogenated alkanes) is 1. The number of hydrogen-bond acceptors (Lipinski definition) is 4. The number of nitrogens with one attached hydrogen (secondary N) is 2. The van der Waals surface area contributed by atoms with Crippen molar-refractivity contribution in [2.24, 2.45) is 0 Å². The van der Waals surface area contributed by atoms with E-state index in [1.807, 2.05) is 6.92 Å². The van der Waals surface area contributed by atoms with Crippen LogP contribution in [0.25, 0.3) is 0 Å². The van der Waals surface area contributed by atoms with Crippen LogP contribution in [0.15, 0.2) is 23.1 Å². The predicted molar refractivity (Wildman–Crippen MR) is 75.9 cm³/mol. The summed E-state index contributed by atoms with van der Waals surface area (Å²) < 4.78 is 36.0. The number of methoxy groups -OCH3 is 1. The molecule has 2 amide bonds. The Balaban J connectivity index is 0. The summed E-state index contributed by atoms with van der Waals surface area (Å²) in [6.07, 6.45) is 1.83. The molecule has 0 bridgehead atoms. The van der Waals surface area contributed by atoms with Crippen molar-refractivity contribution in [2.75, 3.05) is 19.0 Å². The van der Waals surface area contributed by atoms with Gasteiger partial charge in [0.1, 0.15) is 5.75 Å². The SMILES string of the molecule is CCCCNC(=O)Nc1ccc(S(=O)(=O)O)cc1OC.[H-].[K+]. The van der Waals surface area contributed by atoms with E-state index in [9.17, 15) is 13.2 Å². The Morgan fingerprint density at radius 1 is 1.43 bits per heavy atom. The number of rotatable bonds is 6. The topological polar surface area (TPSA) is 105 Å². The fourth-order valence-electron chi connectivity index (χ4n) is 1.48. The van der Waals surface area contributed by atoms with Gasteiger partial charge in [-0.05, 0) is 18.6 Å². The molecule has 0 aliphatic carbocycles. The van der Waals surface area contributed by atoms with Crippen molar-refractivity contribution in [1.82, 2.24) is 5.32 Å². The van der Waals surface area contributed by atoms with Gasteiger partial charge in [-0.2, -0.15) is 8.42 Å². The first kappa shape index (κ1) is 20.8. The van der Waals surface area contributed by atoms with E-state index < -0.39 is 16.1 Å². The van der Waals surface area contributed by atoms with E-state index in [0.717, 1.165) is 18.9 Å². The zero-order valence-corrected chi connectivity index (χ0v) is 16.3. The molecule has 0 saturated carbocycles. The molecule has 7 nitrogen and oxygen atoms in total. The molecule has 0 heterocycles. The van der Waals surface area contributed by atoms with Crippen LogP contribution in [0.2, 0.25) is 0 Å². The van der Waals surface area contributed by atoms with Crippen LogP contribution in [0.4, 0.5) is 10.5 Å². The summed E-state index contributed by atoms with van der Waals surface area (Å²) in [5.41, 5.74) is 0.314. The monoisotopic (exact) mass is 342 g/mol. The van der Waals surface area contributed by atoms with Gasteiger partial charge < -0.3 is 16.8 Å². The largest absolute Gasteiger partial charge is 1.00 e. The van der Waals surface area contributed by atoms with Gasteiger partial charge in [-0.3, -0.25) is 4.55 Å². The average Bonchev–Trinajstić information content (AvgIpc) is 2.38. The fourth-order valence-corrected chi connectivity index (χ4v) is 1.98. The van der Waals surface area contributed by atoms with E-state index in [2.05, 4.69) is 10.6 Å². The van der Waals surface area contributed by atoms with Crippen molar-refractivity contribution in [3.8, 4) is 5.75 Å². The molecule has 0 aliphatic rings. The molecule has 0 atom stereocenters. The Labute approximate surface area is 168 Å². The predicted octanol–water partition coefficient (Wildman–Crippen LogP) is -1.02. The Kier molecular flexibility index (Phi) is 9.70. The molecule has 9 heteroatoms. The minimum atomic E-state index is -4.31. The molecule has 0 fully saturated rings. The maximum atomic E-state index is 11.6. The summed E-state index contributed by atoms with van der Waals surface area (Å²) in [6.45, 7) is 2.56. The number of anilines is 1. The smallest absolute Gasteiger partial charge is 1.00 e. The molecule has 0 spiro atoms. The molecule has 3 N–H and O–H groups in total. The summed E-state index contributed by atoms with van der Waals surface area (Å²) in [5, 5.41) is 5.20. The van der Waals surface area contributed by atoms with Gasteiger partial charge in [-0.15, -0.1) is 0 Å². The molecular weight excluding hydrogens is 323 g/mol. The Morgan fingerprint density at radius 3 is 2.62 bits per heavy atom. The van der Waals surface area contributed by atoms with Gasteiger partial charge in [0.25, 0.3) is 10.1 Å². The van der Waals surface area contributed by atoms with Crippen molar-refractivity contribution in [2.45, 2.75) is 24.7 Å². The molecule has 1 aromatic carbocycles. The number of carbonyl (C=O) groups excluding carboxylic acids is 1. The minimum Gasteiger partial charge on any atom is -1.00 e. The summed E-state index contributed by atoms with van der Waals surface area (Å²) in [5.74, 6) is 0.144. The van der Waals surface area contributed by atoms with Crippen molar-refractivity contribution >= 4 is 21.8 Å². The number of ether oxygens (including phenoxy) is 1. The minimum absolute atomic E-state index is 0. The first-order valence-corrected chi connectivity index (χ1v) is 7.53. The van der Waals surface area contributed by atoms with E-state index >= 15 is 0 Å². The standard InChI is InChI=1S/C12H18N2O5S.K.H/c1-3-4-7-13-12(15)14-10-6-5-9(20(16,17)18)8-11(10)19-2;;/h5-6,8H,3-4,7H2,1-2H3,(H2,13,14,15)(H,16,17,18);;/q;+1;-1. The first-order chi connectivity index (χ1) is 9.38. The van der Waals surface area contributed by atoms with Gasteiger partial charge in [0.05, 0.1) is 17.7 Å². The van der Waals surface area contributed by atoms with Crippen LogP contribution >= 0.6 is 0 Å². The Hall–Kier alpha value is -0.164. The quantitative estimate of drug-likeness (QED) is 0.349. The molecule has 0 unspecified atom stereocenters. The molecule has 1 rings (SSSR count). The zero-order chi connectivity index (χ0) is 15.2. The van der Waals surface area contributed by atoms with E-state index in [4.69, 9.17) is 9.29 Å². The van der Waals surface area contributed by atoms with Crippen molar-refractivity contribution in [3.05, 3.63) is 18.2 Å². The molecule has 0 saturated heterocycles. The summed E-state index contributed by atoms with van der Waals surface area (Å²) >= 11 is 0. The van der Waals surface area contributed by atoms with Gasteiger partial charge in [-0.25, -0.2) is 4.79 Å².